The monoisotopic (exact) mass is 298 g/mol. The molecule has 0 rings (SSSR count). The van der Waals surface area contributed by atoms with Crippen LogP contribution < -0.4 is 9.44 Å². The number of carboxylic acids is 2. The molecule has 0 heterocycles. The van der Waals surface area contributed by atoms with Gasteiger partial charge in [-0.1, -0.05) is 0 Å². The highest BCUT2D eigenvalue weighted by Gasteiger charge is 2.27. The van der Waals surface area contributed by atoms with Gasteiger partial charge in [-0.05, 0) is 13.8 Å². The summed E-state index contributed by atoms with van der Waals surface area (Å²) in [6, 6.07) is -1.90. The SMILES string of the molecule is CC(C)OC(=O)NS(=O)(=O)N[C@@H](CC(=O)O)C(=O)O. The summed E-state index contributed by atoms with van der Waals surface area (Å²) in [5, 5.41) is 17.1. The number of hydrogen-bond donors (Lipinski definition) is 4. The van der Waals surface area contributed by atoms with Gasteiger partial charge in [-0.3, -0.25) is 9.59 Å². The smallest absolute Gasteiger partial charge is 0.422 e. The number of amides is 1. The predicted octanol–water partition coefficient (Wildman–Crippen LogP) is -1.12. The van der Waals surface area contributed by atoms with Crippen molar-refractivity contribution in [1.82, 2.24) is 9.44 Å². The fourth-order valence-electron chi connectivity index (χ4n) is 0.919. The second-order valence-corrected chi connectivity index (χ2v) is 5.11. The Kier molecular flexibility index (Phi) is 6.21. The van der Waals surface area contributed by atoms with Crippen molar-refractivity contribution in [2.24, 2.45) is 0 Å². The molecule has 19 heavy (non-hydrogen) atoms. The minimum atomic E-state index is -4.53. The topological polar surface area (TPSA) is 159 Å². The van der Waals surface area contributed by atoms with Crippen molar-refractivity contribution in [1.29, 1.82) is 0 Å². The summed E-state index contributed by atoms with van der Waals surface area (Å²) in [4.78, 5) is 32.0. The number of carboxylic acid groups (broad SMARTS) is 2. The van der Waals surface area contributed by atoms with Crippen molar-refractivity contribution >= 4 is 28.2 Å². The molecule has 0 spiro atoms. The highest BCUT2D eigenvalue weighted by molar-refractivity contribution is 7.88. The van der Waals surface area contributed by atoms with Crippen LogP contribution in [0.1, 0.15) is 20.3 Å². The first-order valence-corrected chi connectivity index (χ1v) is 6.47. The number of carbonyl (C=O) groups excluding carboxylic acids is 1. The molecule has 110 valence electrons. The van der Waals surface area contributed by atoms with E-state index < -0.39 is 46.8 Å². The van der Waals surface area contributed by atoms with Gasteiger partial charge in [0.2, 0.25) is 0 Å². The van der Waals surface area contributed by atoms with E-state index in [-0.39, 0.29) is 0 Å². The van der Waals surface area contributed by atoms with Crippen LogP contribution in [0.2, 0.25) is 0 Å². The zero-order valence-electron chi connectivity index (χ0n) is 10.1. The van der Waals surface area contributed by atoms with E-state index in [1.807, 2.05) is 0 Å². The van der Waals surface area contributed by atoms with Gasteiger partial charge in [0.15, 0.2) is 0 Å². The molecule has 0 aromatic heterocycles. The largest absolute Gasteiger partial charge is 0.481 e. The molecule has 1 atom stereocenters. The average Bonchev–Trinajstić information content (AvgIpc) is 2.11. The summed E-state index contributed by atoms with van der Waals surface area (Å²) in [7, 11) is -4.53. The van der Waals surface area contributed by atoms with Crippen LogP contribution in [0.15, 0.2) is 0 Å². The summed E-state index contributed by atoms with van der Waals surface area (Å²) in [6.45, 7) is 2.95. The highest BCUT2D eigenvalue weighted by atomic mass is 32.2. The standard InChI is InChI=1S/C8H14N2O8S/c1-4(2)18-8(15)10-19(16,17)9-5(7(13)14)3-6(11)12/h4-5,9H,3H2,1-2H3,(H,10,15)(H,11,12)(H,13,14)/t5-/m0/s1. The summed E-state index contributed by atoms with van der Waals surface area (Å²) in [5.41, 5.74) is 0. The molecule has 0 unspecified atom stereocenters. The third kappa shape index (κ3) is 7.94. The molecule has 0 aliphatic carbocycles. The second-order valence-electron chi connectivity index (χ2n) is 3.67. The molecule has 0 saturated carbocycles. The van der Waals surface area contributed by atoms with Crippen LogP contribution in [0.5, 0.6) is 0 Å². The lowest BCUT2D eigenvalue weighted by Gasteiger charge is -2.14. The predicted molar refractivity (Wildman–Crippen MR) is 60.5 cm³/mol. The van der Waals surface area contributed by atoms with Gasteiger partial charge >= 0.3 is 28.2 Å². The van der Waals surface area contributed by atoms with Crippen molar-refractivity contribution in [2.75, 3.05) is 0 Å². The quantitative estimate of drug-likeness (QED) is 0.460. The third-order valence-corrected chi connectivity index (χ3v) is 2.56. The maximum atomic E-state index is 11.3. The van der Waals surface area contributed by atoms with Gasteiger partial charge in [-0.25, -0.2) is 9.52 Å². The Bertz CT molecular complexity index is 457. The molecule has 0 radical (unpaired) electrons. The Morgan fingerprint density at radius 1 is 1.21 bits per heavy atom. The highest BCUT2D eigenvalue weighted by Crippen LogP contribution is 1.96. The molecule has 10 nitrogen and oxygen atoms in total. The van der Waals surface area contributed by atoms with E-state index in [0.717, 1.165) is 0 Å². The summed E-state index contributed by atoms with van der Waals surface area (Å²) in [5.74, 6) is -3.20. The molecule has 0 saturated heterocycles. The van der Waals surface area contributed by atoms with Gasteiger partial charge in [0.1, 0.15) is 6.04 Å². The zero-order valence-corrected chi connectivity index (χ0v) is 10.9. The number of aliphatic carboxylic acids is 2. The Labute approximate surface area is 108 Å². The van der Waals surface area contributed by atoms with Gasteiger partial charge in [0, 0.05) is 0 Å². The van der Waals surface area contributed by atoms with E-state index in [9.17, 15) is 22.8 Å². The van der Waals surface area contributed by atoms with Crippen LogP contribution in [-0.4, -0.2) is 48.8 Å². The fraction of sp³-hybridized carbons (Fsp3) is 0.625. The number of carbonyl (C=O) groups is 3. The number of hydrogen-bond acceptors (Lipinski definition) is 6. The maximum Gasteiger partial charge on any atom is 0.422 e. The third-order valence-electron chi connectivity index (χ3n) is 1.53. The number of ether oxygens (including phenoxy) is 1. The lowest BCUT2D eigenvalue weighted by atomic mass is 10.2. The molecule has 0 bridgehead atoms. The summed E-state index contributed by atoms with van der Waals surface area (Å²) < 4.78 is 30.1. The average molecular weight is 298 g/mol. The summed E-state index contributed by atoms with van der Waals surface area (Å²) in [6.07, 6.45) is -2.86. The van der Waals surface area contributed by atoms with Crippen molar-refractivity contribution in [3.63, 3.8) is 0 Å². The van der Waals surface area contributed by atoms with Crippen LogP contribution in [0.4, 0.5) is 4.79 Å². The van der Waals surface area contributed by atoms with E-state index in [1.54, 1.807) is 0 Å². The Balaban J connectivity index is 4.68. The molecule has 0 aromatic rings. The molecule has 0 aromatic carbocycles. The van der Waals surface area contributed by atoms with E-state index in [1.165, 1.54) is 23.3 Å². The van der Waals surface area contributed by atoms with Gasteiger partial charge in [0.25, 0.3) is 0 Å². The molecular weight excluding hydrogens is 284 g/mol. The van der Waals surface area contributed by atoms with Crippen LogP contribution in [0.3, 0.4) is 0 Å². The minimum Gasteiger partial charge on any atom is -0.481 e. The van der Waals surface area contributed by atoms with E-state index in [2.05, 4.69) is 4.74 Å². The Hall–Kier alpha value is -1.88. The number of rotatable bonds is 7. The Morgan fingerprint density at radius 3 is 2.11 bits per heavy atom. The van der Waals surface area contributed by atoms with Gasteiger partial charge in [-0.15, -0.1) is 0 Å². The first kappa shape index (κ1) is 17.1. The minimum absolute atomic E-state index is 0.579. The second kappa shape index (κ2) is 6.89. The molecule has 0 aliphatic rings. The van der Waals surface area contributed by atoms with Crippen molar-refractivity contribution in [2.45, 2.75) is 32.4 Å². The first-order valence-electron chi connectivity index (χ1n) is 4.98. The molecule has 1 amide bonds. The van der Waals surface area contributed by atoms with Crippen molar-refractivity contribution < 1.29 is 37.8 Å². The van der Waals surface area contributed by atoms with Crippen LogP contribution in [0.25, 0.3) is 0 Å². The van der Waals surface area contributed by atoms with Crippen LogP contribution >= 0.6 is 0 Å². The first-order chi connectivity index (χ1) is 8.53. The molecular formula is C8H14N2O8S. The molecule has 11 heteroatoms. The number of nitrogens with one attached hydrogen (secondary N) is 2. The normalized spacial score (nSPS) is 12.8. The summed E-state index contributed by atoms with van der Waals surface area (Å²) >= 11 is 0. The maximum absolute atomic E-state index is 11.3. The molecule has 4 N–H and O–H groups in total. The van der Waals surface area contributed by atoms with Crippen molar-refractivity contribution in [3.05, 3.63) is 0 Å². The fourth-order valence-corrected chi connectivity index (χ4v) is 1.80. The lowest BCUT2D eigenvalue weighted by molar-refractivity contribution is -0.145. The van der Waals surface area contributed by atoms with E-state index >= 15 is 0 Å². The Morgan fingerprint density at radius 2 is 1.74 bits per heavy atom. The van der Waals surface area contributed by atoms with Gasteiger partial charge in [-0.2, -0.15) is 13.1 Å². The van der Waals surface area contributed by atoms with E-state index in [0.29, 0.717) is 0 Å². The van der Waals surface area contributed by atoms with Crippen LogP contribution in [0, 0.1) is 0 Å². The molecule has 0 aliphatic heterocycles. The lowest BCUT2D eigenvalue weighted by Crippen LogP contribution is -2.49. The molecule has 0 fully saturated rings. The van der Waals surface area contributed by atoms with Gasteiger partial charge in [0.05, 0.1) is 12.5 Å². The van der Waals surface area contributed by atoms with Crippen LogP contribution in [-0.2, 0) is 24.5 Å². The van der Waals surface area contributed by atoms with Crippen molar-refractivity contribution in [3.8, 4) is 0 Å². The zero-order chi connectivity index (χ0) is 15.2. The van der Waals surface area contributed by atoms with Gasteiger partial charge < -0.3 is 14.9 Å². The van der Waals surface area contributed by atoms with E-state index in [4.69, 9.17) is 10.2 Å².